The number of amides is 1. The van der Waals surface area contributed by atoms with E-state index in [1.165, 1.54) is 0 Å². The Bertz CT molecular complexity index is 314. The zero-order chi connectivity index (χ0) is 11.1. The maximum atomic E-state index is 11.3. The van der Waals surface area contributed by atoms with Gasteiger partial charge in [0, 0.05) is 0 Å². The third-order valence-electron chi connectivity index (χ3n) is 1.61. The molecule has 1 amide bonds. The minimum absolute atomic E-state index is 0.139. The van der Waals surface area contributed by atoms with Crippen LogP contribution in [0.1, 0.15) is 13.3 Å². The molecule has 1 heterocycles. The summed E-state index contributed by atoms with van der Waals surface area (Å²) in [5.41, 5.74) is 0. The Balaban J connectivity index is 2.34. The summed E-state index contributed by atoms with van der Waals surface area (Å²) in [5.74, 6) is 0.266. The van der Waals surface area contributed by atoms with E-state index in [4.69, 9.17) is 11.6 Å². The number of carbonyl (C=O) groups is 1. The van der Waals surface area contributed by atoms with Gasteiger partial charge in [0.25, 0.3) is 0 Å². The van der Waals surface area contributed by atoms with Gasteiger partial charge < -0.3 is 10.6 Å². The average Bonchev–Trinajstić information content (AvgIpc) is 2.22. The van der Waals surface area contributed by atoms with Crippen LogP contribution in [0.5, 0.6) is 0 Å². The zero-order valence-electron chi connectivity index (χ0n) is 8.46. The summed E-state index contributed by atoms with van der Waals surface area (Å²) >= 11 is 5.55. The molecule has 0 aliphatic carbocycles. The van der Waals surface area contributed by atoms with Gasteiger partial charge in [0.15, 0.2) is 11.0 Å². The van der Waals surface area contributed by atoms with Crippen molar-refractivity contribution in [2.24, 2.45) is 0 Å². The van der Waals surface area contributed by atoms with Crippen molar-refractivity contribution in [1.82, 2.24) is 15.5 Å². The van der Waals surface area contributed by atoms with Gasteiger partial charge in [-0.15, -0.1) is 10.2 Å². The zero-order valence-corrected chi connectivity index (χ0v) is 9.21. The monoisotopic (exact) mass is 228 g/mol. The molecule has 0 unspecified atom stereocenters. The van der Waals surface area contributed by atoms with E-state index in [1.807, 2.05) is 6.92 Å². The maximum absolute atomic E-state index is 11.3. The van der Waals surface area contributed by atoms with Gasteiger partial charge in [-0.05, 0) is 25.1 Å². The van der Waals surface area contributed by atoms with Gasteiger partial charge in [-0.2, -0.15) is 0 Å². The van der Waals surface area contributed by atoms with Gasteiger partial charge in [0.2, 0.25) is 5.91 Å². The van der Waals surface area contributed by atoms with Crippen LogP contribution in [0, 0.1) is 0 Å². The Kier molecular flexibility index (Phi) is 5.00. The molecule has 0 fully saturated rings. The summed E-state index contributed by atoms with van der Waals surface area (Å²) < 4.78 is 0. The lowest BCUT2D eigenvalue weighted by molar-refractivity contribution is -0.115. The number of aromatic nitrogens is 2. The second kappa shape index (κ2) is 6.31. The number of anilines is 1. The molecule has 1 rings (SSSR count). The van der Waals surface area contributed by atoms with E-state index in [2.05, 4.69) is 20.8 Å². The molecule has 0 saturated carbocycles. The van der Waals surface area contributed by atoms with Crippen molar-refractivity contribution in [3.63, 3.8) is 0 Å². The third-order valence-corrected chi connectivity index (χ3v) is 1.81. The molecule has 0 aliphatic heterocycles. The third kappa shape index (κ3) is 4.71. The standard InChI is InChI=1S/C9H13ClN4O/c1-2-5-11-6-9(15)12-8-4-3-7(10)13-14-8/h3-4,11H,2,5-6H2,1H3,(H,12,14,15). The van der Waals surface area contributed by atoms with Crippen LogP contribution < -0.4 is 10.6 Å². The largest absolute Gasteiger partial charge is 0.308 e. The predicted molar refractivity (Wildman–Crippen MR) is 58.8 cm³/mol. The molecule has 0 aliphatic rings. The number of halogens is 1. The van der Waals surface area contributed by atoms with Crippen LogP contribution in [-0.2, 0) is 4.79 Å². The fraction of sp³-hybridized carbons (Fsp3) is 0.444. The molecule has 0 atom stereocenters. The lowest BCUT2D eigenvalue weighted by Gasteiger charge is -2.04. The van der Waals surface area contributed by atoms with E-state index in [0.717, 1.165) is 13.0 Å². The Morgan fingerprint density at radius 3 is 2.87 bits per heavy atom. The molecule has 2 N–H and O–H groups in total. The van der Waals surface area contributed by atoms with E-state index in [1.54, 1.807) is 12.1 Å². The topological polar surface area (TPSA) is 66.9 Å². The molecular weight excluding hydrogens is 216 g/mol. The highest BCUT2D eigenvalue weighted by atomic mass is 35.5. The van der Waals surface area contributed by atoms with Gasteiger partial charge in [0.1, 0.15) is 0 Å². The van der Waals surface area contributed by atoms with Crippen LogP contribution in [0.3, 0.4) is 0 Å². The Hall–Kier alpha value is -1.20. The highest BCUT2D eigenvalue weighted by Gasteiger charge is 2.02. The van der Waals surface area contributed by atoms with Crippen LogP contribution in [0.15, 0.2) is 12.1 Å². The molecule has 0 radical (unpaired) electrons. The molecule has 0 aromatic carbocycles. The van der Waals surface area contributed by atoms with Crippen LogP contribution in [0.2, 0.25) is 5.15 Å². The second-order valence-electron chi connectivity index (χ2n) is 2.97. The number of hydrogen-bond acceptors (Lipinski definition) is 4. The quantitative estimate of drug-likeness (QED) is 0.740. The second-order valence-corrected chi connectivity index (χ2v) is 3.35. The number of hydrogen-bond donors (Lipinski definition) is 2. The summed E-state index contributed by atoms with van der Waals surface area (Å²) in [4.78, 5) is 11.3. The van der Waals surface area contributed by atoms with Crippen molar-refractivity contribution < 1.29 is 4.79 Å². The minimum Gasteiger partial charge on any atom is -0.308 e. The fourth-order valence-corrected chi connectivity index (χ4v) is 1.05. The van der Waals surface area contributed by atoms with Gasteiger partial charge in [0.05, 0.1) is 6.54 Å². The van der Waals surface area contributed by atoms with Crippen molar-refractivity contribution in [2.75, 3.05) is 18.4 Å². The van der Waals surface area contributed by atoms with Crippen LogP contribution >= 0.6 is 11.6 Å². The summed E-state index contributed by atoms with van der Waals surface area (Å²) in [5, 5.41) is 13.2. The smallest absolute Gasteiger partial charge is 0.239 e. The van der Waals surface area contributed by atoms with Crippen molar-refractivity contribution >= 4 is 23.3 Å². The first-order chi connectivity index (χ1) is 7.22. The van der Waals surface area contributed by atoms with Gasteiger partial charge in [-0.3, -0.25) is 4.79 Å². The first kappa shape index (κ1) is 11.9. The van der Waals surface area contributed by atoms with E-state index in [9.17, 15) is 4.79 Å². The van der Waals surface area contributed by atoms with E-state index >= 15 is 0 Å². The highest BCUT2D eigenvalue weighted by molar-refractivity contribution is 6.29. The van der Waals surface area contributed by atoms with Gasteiger partial charge in [-0.25, -0.2) is 0 Å². The fourth-order valence-electron chi connectivity index (χ4n) is 0.948. The van der Waals surface area contributed by atoms with E-state index < -0.39 is 0 Å². The predicted octanol–water partition coefficient (Wildman–Crippen LogP) is 1.07. The lowest BCUT2D eigenvalue weighted by atomic mass is 10.4. The van der Waals surface area contributed by atoms with Crippen molar-refractivity contribution in [3.8, 4) is 0 Å². The maximum Gasteiger partial charge on any atom is 0.239 e. The minimum atomic E-state index is -0.139. The van der Waals surface area contributed by atoms with Crippen LogP contribution in [0.25, 0.3) is 0 Å². The normalized spacial score (nSPS) is 10.0. The Labute approximate surface area is 93.2 Å². The van der Waals surface area contributed by atoms with Crippen LogP contribution in [0.4, 0.5) is 5.82 Å². The summed E-state index contributed by atoms with van der Waals surface area (Å²) in [6.45, 7) is 3.13. The molecule has 5 nitrogen and oxygen atoms in total. The van der Waals surface area contributed by atoms with Crippen molar-refractivity contribution in [1.29, 1.82) is 0 Å². The molecule has 0 spiro atoms. The van der Waals surface area contributed by atoms with Crippen molar-refractivity contribution in [2.45, 2.75) is 13.3 Å². The number of carbonyl (C=O) groups excluding carboxylic acids is 1. The number of nitrogens with one attached hydrogen (secondary N) is 2. The van der Waals surface area contributed by atoms with Gasteiger partial charge >= 0.3 is 0 Å². The molecule has 15 heavy (non-hydrogen) atoms. The Morgan fingerprint density at radius 1 is 1.47 bits per heavy atom. The molecule has 82 valence electrons. The van der Waals surface area contributed by atoms with Gasteiger partial charge in [-0.1, -0.05) is 18.5 Å². The average molecular weight is 229 g/mol. The summed E-state index contributed by atoms with van der Waals surface area (Å²) in [7, 11) is 0. The molecule has 0 saturated heterocycles. The SMILES string of the molecule is CCCNCC(=O)Nc1ccc(Cl)nn1. The molecule has 0 bridgehead atoms. The summed E-state index contributed by atoms with van der Waals surface area (Å²) in [6.07, 6.45) is 0.994. The number of nitrogens with zero attached hydrogens (tertiary/aromatic N) is 2. The van der Waals surface area contributed by atoms with Crippen LogP contribution in [-0.4, -0.2) is 29.2 Å². The Morgan fingerprint density at radius 2 is 2.27 bits per heavy atom. The summed E-state index contributed by atoms with van der Waals surface area (Å²) in [6, 6.07) is 3.18. The van der Waals surface area contributed by atoms with E-state index in [-0.39, 0.29) is 12.5 Å². The molecular formula is C9H13ClN4O. The molecule has 1 aromatic heterocycles. The first-order valence-electron chi connectivity index (χ1n) is 4.72. The van der Waals surface area contributed by atoms with E-state index in [0.29, 0.717) is 11.0 Å². The molecule has 6 heteroatoms. The number of rotatable bonds is 5. The van der Waals surface area contributed by atoms with Crippen molar-refractivity contribution in [3.05, 3.63) is 17.3 Å². The lowest BCUT2D eigenvalue weighted by Crippen LogP contribution is -2.28. The first-order valence-corrected chi connectivity index (χ1v) is 5.10. The highest BCUT2D eigenvalue weighted by Crippen LogP contribution is 2.05. The molecule has 1 aromatic rings.